The number of fused-ring (bicyclic) bond motifs is 1. The molecule has 110 valence electrons. The summed E-state index contributed by atoms with van der Waals surface area (Å²) in [5.74, 6) is -0.209. The van der Waals surface area contributed by atoms with Crippen molar-refractivity contribution in [3.8, 4) is 0 Å². The van der Waals surface area contributed by atoms with Gasteiger partial charge in [0.2, 0.25) is 0 Å². The number of furan rings is 1. The standard InChI is InChI=1S/C15H15NO4S/c1-9-3-2-4-10-7-11(20-12(9)10)13(17)16-15(14(18)19)5-6-21-8-15/h2-4,7H,5-6,8H2,1H3,(H,16,17)(H,18,19). The van der Waals surface area contributed by atoms with Crippen LogP contribution in [-0.2, 0) is 4.79 Å². The SMILES string of the molecule is Cc1cccc2cc(C(=O)NC3(C(=O)O)CCSC3)oc12. The minimum Gasteiger partial charge on any atom is -0.479 e. The van der Waals surface area contributed by atoms with Crippen molar-refractivity contribution in [3.05, 3.63) is 35.6 Å². The number of aliphatic carboxylic acids is 1. The normalized spacial score (nSPS) is 21.6. The van der Waals surface area contributed by atoms with E-state index >= 15 is 0 Å². The summed E-state index contributed by atoms with van der Waals surface area (Å²) in [6.07, 6.45) is 0.429. The lowest BCUT2D eigenvalue weighted by atomic mass is 9.99. The van der Waals surface area contributed by atoms with Gasteiger partial charge in [0.25, 0.3) is 5.91 Å². The topological polar surface area (TPSA) is 79.5 Å². The van der Waals surface area contributed by atoms with Crippen LogP contribution in [0.2, 0.25) is 0 Å². The fraction of sp³-hybridized carbons (Fsp3) is 0.333. The van der Waals surface area contributed by atoms with Gasteiger partial charge in [-0.3, -0.25) is 4.79 Å². The Morgan fingerprint density at radius 2 is 2.24 bits per heavy atom. The zero-order chi connectivity index (χ0) is 15.0. The number of carboxylic acid groups (broad SMARTS) is 1. The van der Waals surface area contributed by atoms with Gasteiger partial charge in [-0.1, -0.05) is 18.2 Å². The lowest BCUT2D eigenvalue weighted by Gasteiger charge is -2.23. The highest BCUT2D eigenvalue weighted by molar-refractivity contribution is 7.99. The van der Waals surface area contributed by atoms with E-state index < -0.39 is 17.4 Å². The molecule has 0 bridgehead atoms. The first-order valence-corrected chi connectivity index (χ1v) is 7.80. The molecule has 1 aliphatic heterocycles. The van der Waals surface area contributed by atoms with Crippen molar-refractivity contribution in [2.75, 3.05) is 11.5 Å². The van der Waals surface area contributed by atoms with Gasteiger partial charge in [0.1, 0.15) is 11.1 Å². The van der Waals surface area contributed by atoms with Gasteiger partial charge in [-0.05, 0) is 30.7 Å². The van der Waals surface area contributed by atoms with Crippen LogP contribution in [0.25, 0.3) is 11.0 Å². The number of carbonyl (C=O) groups is 2. The van der Waals surface area contributed by atoms with Crippen molar-refractivity contribution in [2.24, 2.45) is 0 Å². The molecular formula is C15H15NO4S. The molecule has 0 spiro atoms. The zero-order valence-electron chi connectivity index (χ0n) is 11.5. The Morgan fingerprint density at radius 3 is 2.86 bits per heavy atom. The van der Waals surface area contributed by atoms with Crippen molar-refractivity contribution < 1.29 is 19.1 Å². The zero-order valence-corrected chi connectivity index (χ0v) is 12.3. The van der Waals surface area contributed by atoms with E-state index in [4.69, 9.17) is 4.42 Å². The molecule has 1 aliphatic rings. The number of para-hydroxylation sites is 1. The number of carboxylic acids is 1. The third-order valence-corrected chi connectivity index (χ3v) is 4.94. The maximum Gasteiger partial charge on any atom is 0.330 e. The van der Waals surface area contributed by atoms with Crippen molar-refractivity contribution in [3.63, 3.8) is 0 Å². The summed E-state index contributed by atoms with van der Waals surface area (Å²) in [5.41, 5.74) is 0.416. The number of benzene rings is 1. The molecule has 1 fully saturated rings. The molecule has 1 atom stereocenters. The number of nitrogens with one attached hydrogen (secondary N) is 1. The van der Waals surface area contributed by atoms with Crippen molar-refractivity contribution in [1.29, 1.82) is 0 Å². The second-order valence-electron chi connectivity index (χ2n) is 5.25. The van der Waals surface area contributed by atoms with Gasteiger partial charge in [-0.25, -0.2) is 4.79 Å². The highest BCUT2D eigenvalue weighted by atomic mass is 32.2. The number of hydrogen-bond acceptors (Lipinski definition) is 4. The molecule has 2 N–H and O–H groups in total. The highest BCUT2D eigenvalue weighted by Crippen LogP contribution is 2.29. The van der Waals surface area contributed by atoms with E-state index in [1.165, 1.54) is 11.8 Å². The average molecular weight is 305 g/mol. The number of amides is 1. The van der Waals surface area contributed by atoms with E-state index in [9.17, 15) is 14.7 Å². The van der Waals surface area contributed by atoms with Crippen LogP contribution in [0.1, 0.15) is 22.5 Å². The Labute approximate surface area is 125 Å². The van der Waals surface area contributed by atoms with Gasteiger partial charge in [-0.15, -0.1) is 0 Å². The van der Waals surface area contributed by atoms with Gasteiger partial charge in [0.15, 0.2) is 5.76 Å². The summed E-state index contributed by atoms with van der Waals surface area (Å²) in [5, 5.41) is 12.9. The molecule has 5 nitrogen and oxygen atoms in total. The quantitative estimate of drug-likeness (QED) is 0.910. The summed E-state index contributed by atoms with van der Waals surface area (Å²) in [7, 11) is 0. The third-order valence-electron chi connectivity index (χ3n) is 3.75. The first-order valence-electron chi connectivity index (χ1n) is 6.65. The minimum atomic E-state index is -1.18. The van der Waals surface area contributed by atoms with Crippen LogP contribution in [0.3, 0.4) is 0 Å². The number of rotatable bonds is 3. The third kappa shape index (κ3) is 2.40. The molecule has 2 heterocycles. The number of aryl methyl sites for hydroxylation is 1. The Morgan fingerprint density at radius 1 is 1.43 bits per heavy atom. The average Bonchev–Trinajstić information content (AvgIpc) is 3.06. The molecule has 1 unspecified atom stereocenters. The molecule has 1 amide bonds. The van der Waals surface area contributed by atoms with E-state index in [0.29, 0.717) is 17.8 Å². The van der Waals surface area contributed by atoms with E-state index in [1.807, 2.05) is 25.1 Å². The van der Waals surface area contributed by atoms with E-state index in [1.54, 1.807) is 6.07 Å². The first kappa shape index (κ1) is 14.0. The maximum atomic E-state index is 12.3. The van der Waals surface area contributed by atoms with Gasteiger partial charge >= 0.3 is 5.97 Å². The Bertz CT molecular complexity index is 716. The van der Waals surface area contributed by atoms with Crippen LogP contribution >= 0.6 is 11.8 Å². The van der Waals surface area contributed by atoms with Crippen LogP contribution < -0.4 is 5.32 Å². The van der Waals surface area contributed by atoms with Gasteiger partial charge in [0, 0.05) is 11.1 Å². The van der Waals surface area contributed by atoms with Crippen molar-refractivity contribution >= 4 is 34.6 Å². The van der Waals surface area contributed by atoms with Gasteiger partial charge in [0.05, 0.1) is 0 Å². The second kappa shape index (κ2) is 5.11. The second-order valence-corrected chi connectivity index (χ2v) is 6.35. The highest BCUT2D eigenvalue weighted by Gasteiger charge is 2.43. The summed E-state index contributed by atoms with van der Waals surface area (Å²) >= 11 is 1.53. The van der Waals surface area contributed by atoms with Gasteiger partial charge in [-0.2, -0.15) is 11.8 Å². The minimum absolute atomic E-state index is 0.150. The smallest absolute Gasteiger partial charge is 0.330 e. The molecule has 21 heavy (non-hydrogen) atoms. The molecule has 0 saturated carbocycles. The van der Waals surface area contributed by atoms with E-state index in [0.717, 1.165) is 16.7 Å². The summed E-state index contributed by atoms with van der Waals surface area (Å²) in [4.78, 5) is 23.8. The van der Waals surface area contributed by atoms with Crippen molar-refractivity contribution in [2.45, 2.75) is 18.9 Å². The number of carbonyl (C=O) groups excluding carboxylic acids is 1. The Kier molecular flexibility index (Phi) is 3.41. The molecular weight excluding hydrogens is 290 g/mol. The molecule has 1 aromatic heterocycles. The van der Waals surface area contributed by atoms with Crippen LogP contribution in [-0.4, -0.2) is 34.0 Å². The maximum absolute atomic E-state index is 12.3. The summed E-state index contributed by atoms with van der Waals surface area (Å²) in [6.45, 7) is 1.90. The van der Waals surface area contributed by atoms with Crippen LogP contribution in [0.15, 0.2) is 28.7 Å². The fourth-order valence-corrected chi connectivity index (χ4v) is 3.81. The van der Waals surface area contributed by atoms with E-state index in [-0.39, 0.29) is 5.76 Å². The Hall–Kier alpha value is -1.95. The largest absolute Gasteiger partial charge is 0.479 e. The predicted octanol–water partition coefficient (Wildman–Crippen LogP) is 2.43. The number of hydrogen-bond donors (Lipinski definition) is 2. The molecule has 6 heteroatoms. The molecule has 3 rings (SSSR count). The molecule has 1 saturated heterocycles. The van der Waals surface area contributed by atoms with E-state index in [2.05, 4.69) is 5.32 Å². The van der Waals surface area contributed by atoms with Crippen LogP contribution in [0.5, 0.6) is 0 Å². The summed E-state index contributed by atoms with van der Waals surface area (Å²) < 4.78 is 5.58. The van der Waals surface area contributed by atoms with Gasteiger partial charge < -0.3 is 14.8 Å². The number of thioether (sulfide) groups is 1. The van der Waals surface area contributed by atoms with Crippen molar-refractivity contribution in [1.82, 2.24) is 5.32 Å². The molecule has 0 radical (unpaired) electrons. The first-order chi connectivity index (χ1) is 10.0. The Balaban J connectivity index is 1.90. The molecule has 2 aromatic rings. The lowest BCUT2D eigenvalue weighted by molar-refractivity contribution is -0.143. The fourth-order valence-electron chi connectivity index (χ4n) is 2.49. The van der Waals surface area contributed by atoms with Crippen LogP contribution in [0.4, 0.5) is 0 Å². The summed E-state index contributed by atoms with van der Waals surface area (Å²) in [6, 6.07) is 7.30. The predicted molar refractivity (Wildman–Crippen MR) is 80.7 cm³/mol. The lowest BCUT2D eigenvalue weighted by Crippen LogP contribution is -2.54. The molecule has 0 aliphatic carbocycles. The molecule has 1 aromatic carbocycles. The van der Waals surface area contributed by atoms with Crippen LogP contribution in [0, 0.1) is 6.92 Å². The monoisotopic (exact) mass is 305 g/mol.